The molecule has 2 amide bonds. The Morgan fingerprint density at radius 1 is 0.974 bits per heavy atom. The Balaban J connectivity index is 1.70. The highest BCUT2D eigenvalue weighted by molar-refractivity contribution is 7.89. The first-order valence-electron chi connectivity index (χ1n) is 11.7. The Labute approximate surface area is 221 Å². The second-order valence-electron chi connectivity index (χ2n) is 8.48. The van der Waals surface area contributed by atoms with Crippen molar-refractivity contribution in [3.05, 3.63) is 83.9 Å². The van der Waals surface area contributed by atoms with Gasteiger partial charge in [0.25, 0.3) is 5.91 Å². The molecule has 0 unspecified atom stereocenters. The van der Waals surface area contributed by atoms with Gasteiger partial charge in [0.15, 0.2) is 0 Å². The molecule has 11 heteroatoms. The molecular formula is C27H30N2O8S. The van der Waals surface area contributed by atoms with E-state index in [1.165, 1.54) is 6.07 Å². The van der Waals surface area contributed by atoms with Crippen molar-refractivity contribution in [2.24, 2.45) is 5.73 Å². The number of nitrogens with one attached hydrogen (secondary N) is 1. The van der Waals surface area contributed by atoms with E-state index >= 15 is 0 Å². The minimum absolute atomic E-state index is 0.104. The van der Waals surface area contributed by atoms with E-state index in [2.05, 4.69) is 0 Å². The summed E-state index contributed by atoms with van der Waals surface area (Å²) < 4.78 is 41.1. The summed E-state index contributed by atoms with van der Waals surface area (Å²) in [5.74, 6) is 0.0296. The molecule has 0 saturated carbocycles. The maximum Gasteiger partial charge on any atom is 0.404 e. The summed E-state index contributed by atoms with van der Waals surface area (Å²) in [7, 11) is -3.72. The van der Waals surface area contributed by atoms with Gasteiger partial charge in [0, 0.05) is 6.42 Å². The van der Waals surface area contributed by atoms with Crippen molar-refractivity contribution >= 4 is 22.0 Å². The first-order valence-corrected chi connectivity index (χ1v) is 13.6. The fourth-order valence-corrected chi connectivity index (χ4v) is 4.15. The van der Waals surface area contributed by atoms with E-state index in [1.54, 1.807) is 55.5 Å². The van der Waals surface area contributed by atoms with Gasteiger partial charge in [-0.25, -0.2) is 17.9 Å². The number of hydrogen-bond acceptors (Lipinski definition) is 8. The smallest absolute Gasteiger partial charge is 0.404 e. The Morgan fingerprint density at radius 3 is 2.24 bits per heavy atom. The van der Waals surface area contributed by atoms with E-state index in [9.17, 15) is 23.1 Å². The van der Waals surface area contributed by atoms with E-state index < -0.39 is 27.6 Å². The van der Waals surface area contributed by atoms with Gasteiger partial charge in [0.1, 0.15) is 23.7 Å². The normalized spacial score (nSPS) is 12.7. The fourth-order valence-electron chi connectivity index (χ4n) is 3.71. The van der Waals surface area contributed by atoms with Crippen LogP contribution in [0.2, 0.25) is 0 Å². The number of carbonyl (C=O) groups excluding carboxylic acids is 2. The van der Waals surface area contributed by atoms with E-state index in [0.29, 0.717) is 11.3 Å². The standard InChI is InChI=1S/C27H30N2O8S/c1-3-35-24-17-20(11-14-23(24)25(30)29-38(2,33)34)19-9-12-22(13-10-19)36-16-15-27(32,18-37-26(28)31)21-7-5-4-6-8-21/h4-14,17,32H,3,15-16,18H2,1-2H3,(H2,28,31)(H,29,30)/t27-/m0/s1. The van der Waals surface area contributed by atoms with Gasteiger partial charge >= 0.3 is 6.09 Å². The summed E-state index contributed by atoms with van der Waals surface area (Å²) in [5.41, 5.74) is 5.83. The van der Waals surface area contributed by atoms with Crippen LogP contribution in [-0.2, 0) is 20.4 Å². The molecule has 38 heavy (non-hydrogen) atoms. The molecule has 0 saturated heterocycles. The summed E-state index contributed by atoms with van der Waals surface area (Å²) in [4.78, 5) is 23.4. The molecule has 10 nitrogen and oxygen atoms in total. The molecule has 0 fully saturated rings. The molecule has 3 aromatic carbocycles. The van der Waals surface area contributed by atoms with Gasteiger partial charge < -0.3 is 25.1 Å². The largest absolute Gasteiger partial charge is 0.493 e. The average Bonchev–Trinajstić information content (AvgIpc) is 2.87. The lowest BCUT2D eigenvalue weighted by molar-refractivity contribution is -0.0386. The Hall–Kier alpha value is -4.09. The molecule has 0 aliphatic carbocycles. The third-order valence-corrected chi connectivity index (χ3v) is 6.10. The second-order valence-corrected chi connectivity index (χ2v) is 10.2. The Bertz CT molecular complexity index is 1360. The number of amides is 2. The highest BCUT2D eigenvalue weighted by atomic mass is 32.2. The molecule has 0 heterocycles. The zero-order valence-electron chi connectivity index (χ0n) is 21.0. The predicted octanol–water partition coefficient (Wildman–Crippen LogP) is 3.19. The van der Waals surface area contributed by atoms with Gasteiger partial charge in [-0.3, -0.25) is 4.79 Å². The summed E-state index contributed by atoms with van der Waals surface area (Å²) >= 11 is 0. The highest BCUT2D eigenvalue weighted by Crippen LogP contribution is 2.30. The highest BCUT2D eigenvalue weighted by Gasteiger charge is 2.31. The van der Waals surface area contributed by atoms with Crippen molar-refractivity contribution in [3.63, 3.8) is 0 Å². The van der Waals surface area contributed by atoms with Crippen LogP contribution in [-0.4, -0.2) is 51.6 Å². The molecule has 0 radical (unpaired) electrons. The number of hydrogen-bond donors (Lipinski definition) is 3. The third-order valence-electron chi connectivity index (χ3n) is 5.54. The first-order chi connectivity index (χ1) is 18.0. The van der Waals surface area contributed by atoms with Crippen LogP contribution >= 0.6 is 0 Å². The number of carbonyl (C=O) groups is 2. The van der Waals surface area contributed by atoms with E-state index in [-0.39, 0.29) is 37.6 Å². The quantitative estimate of drug-likeness (QED) is 0.315. The van der Waals surface area contributed by atoms with Gasteiger partial charge in [-0.15, -0.1) is 0 Å². The molecule has 202 valence electrons. The number of nitrogens with two attached hydrogens (primary N) is 1. The van der Waals surface area contributed by atoms with Crippen molar-refractivity contribution in [2.45, 2.75) is 18.9 Å². The van der Waals surface area contributed by atoms with Crippen molar-refractivity contribution in [3.8, 4) is 22.6 Å². The molecule has 0 aromatic heterocycles. The number of rotatable bonds is 12. The lowest BCUT2D eigenvalue weighted by atomic mass is 9.91. The summed E-state index contributed by atoms with van der Waals surface area (Å²) in [6, 6.07) is 20.8. The molecule has 1 atom stereocenters. The zero-order valence-corrected chi connectivity index (χ0v) is 21.9. The molecule has 0 bridgehead atoms. The second kappa shape index (κ2) is 12.4. The third kappa shape index (κ3) is 7.95. The van der Waals surface area contributed by atoms with Crippen LogP contribution in [0.3, 0.4) is 0 Å². The van der Waals surface area contributed by atoms with Crippen LogP contribution < -0.4 is 19.9 Å². The van der Waals surface area contributed by atoms with Gasteiger partial charge in [-0.05, 0) is 47.9 Å². The topological polar surface area (TPSA) is 154 Å². The predicted molar refractivity (Wildman–Crippen MR) is 141 cm³/mol. The Kier molecular flexibility index (Phi) is 9.32. The van der Waals surface area contributed by atoms with E-state index in [0.717, 1.165) is 17.4 Å². The van der Waals surface area contributed by atoms with Gasteiger partial charge in [-0.1, -0.05) is 48.5 Å². The van der Waals surface area contributed by atoms with Crippen LogP contribution in [0.15, 0.2) is 72.8 Å². The lowest BCUT2D eigenvalue weighted by Gasteiger charge is -2.28. The van der Waals surface area contributed by atoms with E-state index in [1.807, 2.05) is 22.9 Å². The van der Waals surface area contributed by atoms with Crippen LogP contribution in [0, 0.1) is 0 Å². The fraction of sp³-hybridized carbons (Fsp3) is 0.259. The van der Waals surface area contributed by atoms with Crippen LogP contribution in [0.5, 0.6) is 11.5 Å². The molecular weight excluding hydrogens is 512 g/mol. The minimum atomic E-state index is -3.72. The maximum absolute atomic E-state index is 12.3. The van der Waals surface area contributed by atoms with Gasteiger partial charge in [0.2, 0.25) is 10.0 Å². The molecule has 3 rings (SSSR count). The Morgan fingerprint density at radius 2 is 1.63 bits per heavy atom. The summed E-state index contributed by atoms with van der Waals surface area (Å²) in [6.45, 7) is 1.87. The van der Waals surface area contributed by atoms with Gasteiger partial charge in [0.05, 0.1) is 25.0 Å². The first kappa shape index (κ1) is 28.5. The van der Waals surface area contributed by atoms with Crippen LogP contribution in [0.4, 0.5) is 4.79 Å². The van der Waals surface area contributed by atoms with Crippen molar-refractivity contribution in [1.29, 1.82) is 0 Å². The van der Waals surface area contributed by atoms with Crippen molar-refractivity contribution in [2.75, 3.05) is 26.1 Å². The summed E-state index contributed by atoms with van der Waals surface area (Å²) in [5, 5.41) is 11.1. The number of sulfonamides is 1. The van der Waals surface area contributed by atoms with Gasteiger partial charge in [-0.2, -0.15) is 0 Å². The molecule has 0 aliphatic heterocycles. The number of ether oxygens (including phenoxy) is 3. The maximum atomic E-state index is 12.3. The SMILES string of the molecule is CCOc1cc(-c2ccc(OCC[C@](O)(COC(N)=O)c3ccccc3)cc2)ccc1C(=O)NS(C)(=O)=O. The van der Waals surface area contributed by atoms with Crippen LogP contribution in [0.1, 0.15) is 29.3 Å². The molecule has 3 aromatic rings. The number of primary amides is 1. The molecule has 0 spiro atoms. The van der Waals surface area contributed by atoms with Crippen molar-refractivity contribution in [1.82, 2.24) is 4.72 Å². The number of benzene rings is 3. The van der Waals surface area contributed by atoms with Crippen LogP contribution in [0.25, 0.3) is 11.1 Å². The minimum Gasteiger partial charge on any atom is -0.493 e. The van der Waals surface area contributed by atoms with Crippen molar-refractivity contribution < 1.29 is 37.3 Å². The zero-order chi connectivity index (χ0) is 27.8. The molecule has 4 N–H and O–H groups in total. The summed E-state index contributed by atoms with van der Waals surface area (Å²) in [6.07, 6.45) is 0.0635. The lowest BCUT2D eigenvalue weighted by Crippen LogP contribution is -2.35. The monoisotopic (exact) mass is 542 g/mol. The number of aliphatic hydroxyl groups is 1. The molecule has 0 aliphatic rings. The van der Waals surface area contributed by atoms with E-state index in [4.69, 9.17) is 19.9 Å². The average molecular weight is 543 g/mol.